The first-order valence-corrected chi connectivity index (χ1v) is 11.1. The van der Waals surface area contributed by atoms with E-state index < -0.39 is 28.3 Å². The van der Waals surface area contributed by atoms with Crippen molar-refractivity contribution < 1.29 is 23.2 Å². The number of hydrogen-bond donors (Lipinski definition) is 0. The number of benzene rings is 3. The first-order valence-electron chi connectivity index (χ1n) is 12.9. The lowest BCUT2D eigenvalue weighted by Gasteiger charge is -2.37. The highest BCUT2D eigenvalue weighted by atomic mass is 32.2. The van der Waals surface area contributed by atoms with Crippen LogP contribution in [0.5, 0.6) is 0 Å². The molecule has 0 saturated carbocycles. The molecule has 3 unspecified atom stereocenters. The fraction of sp³-hybridized carbons (Fsp3) is 0.115. The predicted octanol–water partition coefficient (Wildman–Crippen LogP) is 4.84. The normalized spacial score (nSPS) is 26.1. The van der Waals surface area contributed by atoms with Crippen molar-refractivity contribution >= 4 is 28.0 Å². The smallest absolute Gasteiger partial charge is 0.172 e. The molecule has 3 aromatic rings. The summed E-state index contributed by atoms with van der Waals surface area (Å²) in [4.78, 5) is 15.9. The fourth-order valence-corrected chi connectivity index (χ4v) is 6.08. The molecular weight excluding hydrogens is 406 g/mol. The molecule has 0 amide bonds. The van der Waals surface area contributed by atoms with E-state index in [1.54, 1.807) is 18.2 Å². The molecule has 5 heteroatoms. The van der Waals surface area contributed by atoms with Gasteiger partial charge in [-0.15, -0.1) is 0 Å². The van der Waals surface area contributed by atoms with Crippen LogP contribution in [0.25, 0.3) is 0 Å². The summed E-state index contributed by atoms with van der Waals surface area (Å²) in [6, 6.07) is 22.0. The average Bonchev–Trinajstić information content (AvgIpc) is 2.94. The molecule has 0 spiro atoms. The number of rotatable bonds is 1. The number of anilines is 2. The quantitative estimate of drug-likeness (QED) is 0.547. The molecule has 2 N–H and O–H groups in total. The third-order valence-electron chi connectivity index (χ3n) is 5.90. The van der Waals surface area contributed by atoms with Crippen molar-refractivity contribution in [2.75, 3.05) is 4.90 Å². The summed E-state index contributed by atoms with van der Waals surface area (Å²) >= 11 is 0. The van der Waals surface area contributed by atoms with E-state index in [2.05, 4.69) is 0 Å². The Balaban J connectivity index is 0.000000727. The standard InChI is InChI=1S/C26H19NO2S.H2O.2H2/c28-26-20-9-3-6-12-24(20)30(29)25-14-13-19(16-21(25)26)27-22-10-4-1-7-17(22)15-18-8-2-5-11-23(18)27;;;/h1-14,16,21,25H,15H2;1H2;2*1H/i15D2;;2*1+1D. The molecule has 0 saturated heterocycles. The summed E-state index contributed by atoms with van der Waals surface area (Å²) in [5.41, 5.74) is 3.96. The summed E-state index contributed by atoms with van der Waals surface area (Å²) in [5, 5.41) is -0.400. The zero-order chi connectivity index (χ0) is 26.0. The monoisotopic (exact) mass is 437 g/mol. The average molecular weight is 438 g/mol. The van der Waals surface area contributed by atoms with Gasteiger partial charge < -0.3 is 10.4 Å². The molecule has 1 aliphatic carbocycles. The van der Waals surface area contributed by atoms with Crippen LogP contribution in [0.4, 0.5) is 11.4 Å². The van der Waals surface area contributed by atoms with Gasteiger partial charge >= 0.3 is 0 Å². The van der Waals surface area contributed by atoms with Gasteiger partial charge in [0.1, 0.15) is 0 Å². The van der Waals surface area contributed by atoms with Crippen molar-refractivity contribution in [3.63, 3.8) is 0 Å². The van der Waals surface area contributed by atoms with Gasteiger partial charge in [-0.05, 0) is 41.5 Å². The van der Waals surface area contributed by atoms with Crippen molar-refractivity contribution in [1.82, 2.24) is 0 Å². The van der Waals surface area contributed by atoms with Crippen LogP contribution in [0, 0.1) is 5.92 Å². The van der Waals surface area contributed by atoms with Gasteiger partial charge in [-0.1, -0.05) is 60.7 Å². The highest BCUT2D eigenvalue weighted by Gasteiger charge is 2.40. The second kappa shape index (κ2) is 7.45. The second-order valence-corrected chi connectivity index (χ2v) is 9.17. The Morgan fingerprint density at radius 1 is 0.968 bits per heavy atom. The summed E-state index contributed by atoms with van der Waals surface area (Å²) in [5.74, 6) is -0.551. The molecule has 0 radical (unpaired) electrons. The minimum absolute atomic E-state index is 0. The number of ketones is 1. The van der Waals surface area contributed by atoms with Crippen molar-refractivity contribution in [2.24, 2.45) is 5.92 Å². The second-order valence-electron chi connectivity index (χ2n) is 7.59. The Morgan fingerprint density at radius 2 is 1.58 bits per heavy atom. The van der Waals surface area contributed by atoms with Gasteiger partial charge in [-0.3, -0.25) is 9.00 Å². The van der Waals surface area contributed by atoms with Crippen molar-refractivity contribution in [1.29, 1.82) is 0 Å². The van der Waals surface area contributed by atoms with Gasteiger partial charge in [0, 0.05) is 37.7 Å². The third kappa shape index (κ3) is 2.92. The van der Waals surface area contributed by atoms with Gasteiger partial charge in [-0.25, -0.2) is 0 Å². The van der Waals surface area contributed by atoms with Crippen LogP contribution in [0.3, 0.4) is 0 Å². The molecule has 2 heterocycles. The number of nitrogens with zero attached hydrogens (tertiary/aromatic N) is 1. The maximum Gasteiger partial charge on any atom is 0.172 e. The zero-order valence-electron chi connectivity index (χ0n) is 22.5. The van der Waals surface area contributed by atoms with E-state index in [-0.39, 0.29) is 11.3 Å². The van der Waals surface area contributed by atoms with Crippen LogP contribution in [0.1, 0.15) is 30.2 Å². The van der Waals surface area contributed by atoms with Crippen LogP contribution in [-0.2, 0) is 17.2 Å². The fourth-order valence-electron chi connectivity index (χ4n) is 4.50. The molecule has 3 aromatic carbocycles. The van der Waals surface area contributed by atoms with E-state index in [4.69, 9.17) is 8.68 Å². The SMILES string of the molecule is O.[2H]C1([2H])c2ccccc2N(C2=CC3C(=O)c4ccccc4S(=O)C3C=C2)c2ccccc21.[2H][2H].[2H][2H]. The molecular formula is C26H25NO3S. The number of para-hydroxylation sites is 2. The Morgan fingerprint density at radius 3 is 2.29 bits per heavy atom. The molecule has 3 aliphatic rings. The summed E-state index contributed by atoms with van der Waals surface area (Å²) in [6.07, 6.45) is 4.05. The lowest BCUT2D eigenvalue weighted by atomic mass is 9.88. The largest absolute Gasteiger partial charge is 0.412 e. The minimum Gasteiger partial charge on any atom is -0.412 e. The summed E-state index contributed by atoms with van der Waals surface area (Å²) < 4.78 is 50.8. The highest BCUT2D eigenvalue weighted by molar-refractivity contribution is 7.86. The van der Waals surface area contributed by atoms with E-state index in [9.17, 15) is 9.00 Å². The molecule has 6 rings (SSSR count). The van der Waals surface area contributed by atoms with E-state index >= 15 is 0 Å². The number of hydrogen-bond acceptors (Lipinski definition) is 3. The molecule has 0 fully saturated rings. The van der Waals surface area contributed by atoms with Crippen LogP contribution in [0.15, 0.2) is 102 Å². The van der Waals surface area contributed by atoms with Crippen molar-refractivity contribution in [3.8, 4) is 0 Å². The number of fused-ring (bicyclic) bond motifs is 4. The lowest BCUT2D eigenvalue weighted by Crippen LogP contribution is -2.38. The van der Waals surface area contributed by atoms with Crippen LogP contribution < -0.4 is 4.90 Å². The van der Waals surface area contributed by atoms with Crippen LogP contribution in [-0.4, -0.2) is 20.7 Å². The topological polar surface area (TPSA) is 68.9 Å². The highest BCUT2D eigenvalue weighted by Crippen LogP contribution is 2.43. The maximum absolute atomic E-state index is 13.3. The first kappa shape index (κ1) is 15.5. The van der Waals surface area contributed by atoms with Gasteiger partial charge in [0.05, 0.1) is 26.9 Å². The molecule has 2 aliphatic heterocycles. The van der Waals surface area contributed by atoms with Gasteiger partial charge in [0.15, 0.2) is 5.78 Å². The Kier molecular flexibility index (Phi) is 3.73. The number of carbonyl (C=O) groups excluding carboxylic acids is 1. The number of carbonyl (C=O) groups is 1. The number of allylic oxidation sites excluding steroid dienone is 2. The molecule has 3 atom stereocenters. The Labute approximate surface area is 192 Å². The van der Waals surface area contributed by atoms with Crippen LogP contribution in [0.2, 0.25) is 0 Å². The number of Topliss-reactive ketones (excluding diaryl/α,β-unsaturated/α-hetero) is 1. The third-order valence-corrected chi connectivity index (χ3v) is 7.63. The molecule has 0 aromatic heterocycles. The predicted molar refractivity (Wildman–Crippen MR) is 127 cm³/mol. The molecule has 4 nitrogen and oxygen atoms in total. The minimum atomic E-state index is -1.63. The van der Waals surface area contributed by atoms with Crippen molar-refractivity contribution in [3.05, 3.63) is 113 Å². The summed E-state index contributed by atoms with van der Waals surface area (Å²) in [7, 11) is -1.31. The maximum atomic E-state index is 13.3. The molecule has 0 bridgehead atoms. The summed E-state index contributed by atoms with van der Waals surface area (Å²) in [6.45, 7) is 0. The van der Waals surface area contributed by atoms with Gasteiger partial charge in [-0.2, -0.15) is 0 Å². The first-order chi connectivity index (χ1) is 17.5. The van der Waals surface area contributed by atoms with E-state index in [0.29, 0.717) is 21.6 Å². The van der Waals surface area contributed by atoms with Gasteiger partial charge in [0.25, 0.3) is 0 Å². The Bertz CT molecular complexity index is 1340. The van der Waals surface area contributed by atoms with E-state index in [1.165, 1.54) is 0 Å². The van der Waals surface area contributed by atoms with Gasteiger partial charge in [0.2, 0.25) is 0 Å². The molecule has 158 valence electrons. The van der Waals surface area contributed by atoms with E-state index in [0.717, 1.165) is 17.1 Å². The van der Waals surface area contributed by atoms with Crippen molar-refractivity contribution in [2.45, 2.75) is 16.5 Å². The van der Waals surface area contributed by atoms with E-state index in [1.807, 2.05) is 77.7 Å². The molecule has 31 heavy (non-hydrogen) atoms. The lowest BCUT2D eigenvalue weighted by molar-refractivity contribution is 0.0940. The zero-order valence-corrected chi connectivity index (χ0v) is 17.3. The van der Waals surface area contributed by atoms with Crippen LogP contribution >= 0.6 is 0 Å². The Hall–Kier alpha value is -3.28.